The van der Waals surface area contributed by atoms with E-state index in [1.54, 1.807) is 0 Å². The third kappa shape index (κ3) is 3.90. The Bertz CT molecular complexity index is 402. The number of halogens is 1. The lowest BCUT2D eigenvalue weighted by molar-refractivity contribution is 0.0158. The number of hydrogen-bond donors (Lipinski definition) is 0. The van der Waals surface area contributed by atoms with Crippen LogP contribution in [-0.4, -0.2) is 18.5 Å². The van der Waals surface area contributed by atoms with Crippen molar-refractivity contribution in [1.82, 2.24) is 0 Å². The Morgan fingerprint density at radius 2 is 2.33 bits per heavy atom. The first-order chi connectivity index (χ1) is 8.69. The van der Waals surface area contributed by atoms with Crippen molar-refractivity contribution in [2.45, 2.75) is 45.1 Å². The highest BCUT2D eigenvalue weighted by molar-refractivity contribution is 9.11. The lowest BCUT2D eigenvalue weighted by atomic mass is 9.85. The monoisotopic (exact) mass is 330 g/mol. The van der Waals surface area contributed by atoms with Crippen molar-refractivity contribution in [2.24, 2.45) is 5.92 Å². The molecule has 0 amide bonds. The molecule has 2 unspecified atom stereocenters. The van der Waals surface area contributed by atoms with E-state index in [9.17, 15) is 4.79 Å². The molecule has 2 atom stereocenters. The topological polar surface area (TPSA) is 26.3 Å². The van der Waals surface area contributed by atoms with Crippen molar-refractivity contribution < 1.29 is 9.53 Å². The number of ether oxygens (including phenoxy) is 1. The van der Waals surface area contributed by atoms with Crippen LogP contribution >= 0.6 is 27.3 Å². The van der Waals surface area contributed by atoms with Gasteiger partial charge in [0.1, 0.15) is 6.61 Å². The molecular formula is C14H19BrO2S. The van der Waals surface area contributed by atoms with Crippen LogP contribution in [0.25, 0.3) is 0 Å². The average Bonchev–Trinajstić information content (AvgIpc) is 2.83. The van der Waals surface area contributed by atoms with Gasteiger partial charge in [0.2, 0.25) is 0 Å². The molecule has 1 aliphatic carbocycles. The smallest absolute Gasteiger partial charge is 0.198 e. The fraction of sp³-hybridized carbons (Fsp3) is 0.643. The number of carbonyl (C=O) groups excluding carboxylic acids is 1. The summed E-state index contributed by atoms with van der Waals surface area (Å²) in [7, 11) is 0. The van der Waals surface area contributed by atoms with E-state index in [0.717, 1.165) is 27.4 Å². The lowest BCUT2D eigenvalue weighted by Gasteiger charge is -2.28. The average molecular weight is 331 g/mol. The van der Waals surface area contributed by atoms with Crippen LogP contribution in [0.15, 0.2) is 15.9 Å². The van der Waals surface area contributed by atoms with Crippen molar-refractivity contribution in [3.05, 3.63) is 20.8 Å². The van der Waals surface area contributed by atoms with Gasteiger partial charge in [-0.25, -0.2) is 0 Å². The number of carbonyl (C=O) groups is 1. The van der Waals surface area contributed by atoms with Gasteiger partial charge in [-0.3, -0.25) is 4.79 Å². The summed E-state index contributed by atoms with van der Waals surface area (Å²) in [4.78, 5) is 12.7. The number of Topliss-reactive ketones (excluding diaryl/α,β-unsaturated/α-hetero) is 1. The van der Waals surface area contributed by atoms with Gasteiger partial charge in [0.25, 0.3) is 0 Å². The molecule has 100 valence electrons. The fourth-order valence-corrected chi connectivity index (χ4v) is 3.80. The largest absolute Gasteiger partial charge is 0.370 e. The second-order valence-corrected chi connectivity index (χ2v) is 7.36. The molecule has 1 fully saturated rings. The van der Waals surface area contributed by atoms with Crippen LogP contribution in [0.2, 0.25) is 0 Å². The van der Waals surface area contributed by atoms with Gasteiger partial charge < -0.3 is 4.74 Å². The maximum absolute atomic E-state index is 11.9. The molecule has 0 aliphatic heterocycles. The van der Waals surface area contributed by atoms with Crippen molar-refractivity contribution in [2.75, 3.05) is 6.61 Å². The molecule has 1 heterocycles. The molecule has 4 heteroatoms. The van der Waals surface area contributed by atoms with Crippen molar-refractivity contribution in [3.63, 3.8) is 0 Å². The van der Waals surface area contributed by atoms with Crippen LogP contribution in [0.3, 0.4) is 0 Å². The molecule has 1 aromatic rings. The normalized spacial score (nSPS) is 24.1. The van der Waals surface area contributed by atoms with E-state index in [4.69, 9.17) is 4.74 Å². The Kier molecular flexibility index (Phi) is 5.39. The van der Waals surface area contributed by atoms with Crippen LogP contribution in [0.5, 0.6) is 0 Å². The molecule has 2 nitrogen and oxygen atoms in total. The standard InChI is InChI=1S/C14H19BrO2S/c1-2-10-4-3-5-11(8-10)17-9-12(16)13-6-7-14(15)18-13/h6-7,10-11H,2-5,8-9H2,1H3. The first-order valence-electron chi connectivity index (χ1n) is 6.59. The number of ketones is 1. The van der Waals surface area contributed by atoms with Gasteiger partial charge in [-0.2, -0.15) is 0 Å². The molecule has 1 saturated carbocycles. The Balaban J connectivity index is 1.79. The summed E-state index contributed by atoms with van der Waals surface area (Å²) in [6.45, 7) is 2.47. The molecule has 2 rings (SSSR count). The Labute approximate surface area is 121 Å². The minimum atomic E-state index is 0.101. The third-order valence-electron chi connectivity index (χ3n) is 3.61. The van der Waals surface area contributed by atoms with Crippen LogP contribution in [0.1, 0.15) is 48.7 Å². The van der Waals surface area contributed by atoms with Gasteiger partial charge in [-0.05, 0) is 46.8 Å². The summed E-state index contributed by atoms with van der Waals surface area (Å²) in [5.41, 5.74) is 0. The van der Waals surface area contributed by atoms with E-state index in [1.165, 1.54) is 30.6 Å². The van der Waals surface area contributed by atoms with Gasteiger partial charge in [-0.1, -0.05) is 26.2 Å². The van der Waals surface area contributed by atoms with Crippen LogP contribution in [-0.2, 0) is 4.74 Å². The Hall–Kier alpha value is -0.190. The molecule has 1 aliphatic rings. The van der Waals surface area contributed by atoms with Gasteiger partial charge in [0.15, 0.2) is 5.78 Å². The highest BCUT2D eigenvalue weighted by atomic mass is 79.9. The number of rotatable bonds is 5. The Morgan fingerprint density at radius 1 is 1.50 bits per heavy atom. The number of thiophene rings is 1. The molecule has 0 bridgehead atoms. The molecule has 0 spiro atoms. The maximum Gasteiger partial charge on any atom is 0.198 e. The number of hydrogen-bond acceptors (Lipinski definition) is 3. The van der Waals surface area contributed by atoms with Crippen molar-refractivity contribution in [1.29, 1.82) is 0 Å². The SMILES string of the molecule is CCC1CCCC(OCC(=O)c2ccc(Br)s2)C1. The molecule has 1 aromatic heterocycles. The van der Waals surface area contributed by atoms with Crippen molar-refractivity contribution >= 4 is 33.0 Å². The van der Waals surface area contributed by atoms with Crippen LogP contribution in [0, 0.1) is 5.92 Å². The van der Waals surface area contributed by atoms with E-state index in [1.807, 2.05) is 12.1 Å². The summed E-state index contributed by atoms with van der Waals surface area (Å²) in [5, 5.41) is 0. The predicted molar refractivity (Wildman–Crippen MR) is 78.3 cm³/mol. The second kappa shape index (κ2) is 6.83. The fourth-order valence-electron chi connectivity index (χ4n) is 2.49. The zero-order valence-corrected chi connectivity index (χ0v) is 13.1. The van der Waals surface area contributed by atoms with Gasteiger partial charge in [0, 0.05) is 0 Å². The molecule has 0 saturated heterocycles. The van der Waals surface area contributed by atoms with E-state index < -0.39 is 0 Å². The third-order valence-corrected chi connectivity index (χ3v) is 5.27. The quantitative estimate of drug-likeness (QED) is 0.733. The van der Waals surface area contributed by atoms with E-state index in [-0.39, 0.29) is 18.5 Å². The predicted octanol–water partition coefficient (Wildman–Crippen LogP) is 4.68. The minimum Gasteiger partial charge on any atom is -0.370 e. The second-order valence-electron chi connectivity index (χ2n) is 4.90. The summed E-state index contributed by atoms with van der Waals surface area (Å²) in [6, 6.07) is 3.77. The molecule has 18 heavy (non-hydrogen) atoms. The summed E-state index contributed by atoms with van der Waals surface area (Å²) >= 11 is 4.85. The first kappa shape index (κ1) is 14.2. The van der Waals surface area contributed by atoms with E-state index in [2.05, 4.69) is 22.9 Å². The summed E-state index contributed by atoms with van der Waals surface area (Å²) in [6.07, 6.45) is 6.31. The molecule has 0 radical (unpaired) electrons. The molecular weight excluding hydrogens is 312 g/mol. The van der Waals surface area contributed by atoms with E-state index in [0.29, 0.717) is 0 Å². The zero-order chi connectivity index (χ0) is 13.0. The van der Waals surface area contributed by atoms with E-state index >= 15 is 0 Å². The van der Waals surface area contributed by atoms with Crippen LogP contribution in [0.4, 0.5) is 0 Å². The van der Waals surface area contributed by atoms with Gasteiger partial charge in [0.05, 0.1) is 14.8 Å². The highest BCUT2D eigenvalue weighted by Crippen LogP contribution is 2.29. The summed E-state index contributed by atoms with van der Waals surface area (Å²) in [5.74, 6) is 0.888. The van der Waals surface area contributed by atoms with Gasteiger partial charge in [-0.15, -0.1) is 11.3 Å². The molecule has 0 aromatic carbocycles. The summed E-state index contributed by atoms with van der Waals surface area (Å²) < 4.78 is 6.78. The minimum absolute atomic E-state index is 0.101. The van der Waals surface area contributed by atoms with Crippen LogP contribution < -0.4 is 0 Å². The zero-order valence-electron chi connectivity index (χ0n) is 10.7. The van der Waals surface area contributed by atoms with Gasteiger partial charge >= 0.3 is 0 Å². The first-order valence-corrected chi connectivity index (χ1v) is 8.20. The Morgan fingerprint density at radius 3 is 3.00 bits per heavy atom. The van der Waals surface area contributed by atoms with Crippen molar-refractivity contribution in [3.8, 4) is 0 Å². The highest BCUT2D eigenvalue weighted by Gasteiger charge is 2.22. The maximum atomic E-state index is 11.9. The molecule has 0 N–H and O–H groups in total. The lowest BCUT2D eigenvalue weighted by Crippen LogP contribution is -2.25.